The Morgan fingerprint density at radius 3 is 3.00 bits per heavy atom. The van der Waals surface area contributed by atoms with Gasteiger partial charge in [0.1, 0.15) is 4.47 Å². The van der Waals surface area contributed by atoms with Crippen LogP contribution in [-0.4, -0.2) is 39.0 Å². The highest BCUT2D eigenvalue weighted by atomic mass is 79.9. The molecule has 5 nitrogen and oxygen atoms in total. The lowest BCUT2D eigenvalue weighted by Crippen LogP contribution is -2.27. The SMILES string of the molecule is CCSCCC(C)Nc1cnn(CCO)c(=O)c1Br. The van der Waals surface area contributed by atoms with Gasteiger partial charge in [-0.1, -0.05) is 6.92 Å². The van der Waals surface area contributed by atoms with Crippen LogP contribution in [0.2, 0.25) is 0 Å². The van der Waals surface area contributed by atoms with Crippen molar-refractivity contribution >= 4 is 33.4 Å². The molecule has 2 N–H and O–H groups in total. The topological polar surface area (TPSA) is 67.2 Å². The number of hydrogen-bond donors (Lipinski definition) is 2. The molecule has 108 valence electrons. The van der Waals surface area contributed by atoms with Crippen molar-refractivity contribution in [2.75, 3.05) is 23.4 Å². The Morgan fingerprint density at radius 2 is 2.37 bits per heavy atom. The van der Waals surface area contributed by atoms with Crippen molar-refractivity contribution in [1.82, 2.24) is 9.78 Å². The van der Waals surface area contributed by atoms with Crippen LogP contribution in [-0.2, 0) is 6.54 Å². The van der Waals surface area contributed by atoms with Crippen molar-refractivity contribution in [3.8, 4) is 0 Å². The van der Waals surface area contributed by atoms with Crippen LogP contribution in [0.5, 0.6) is 0 Å². The number of halogens is 1. The first kappa shape index (κ1) is 16.5. The first-order valence-corrected chi connectivity index (χ1v) is 8.25. The van der Waals surface area contributed by atoms with Crippen LogP contribution in [0.3, 0.4) is 0 Å². The van der Waals surface area contributed by atoms with E-state index in [0.29, 0.717) is 10.2 Å². The predicted octanol–water partition coefficient (Wildman–Crippen LogP) is 1.94. The molecule has 0 aliphatic heterocycles. The van der Waals surface area contributed by atoms with E-state index in [4.69, 9.17) is 5.11 Å². The summed E-state index contributed by atoms with van der Waals surface area (Å²) in [6, 6.07) is 0.283. The Labute approximate surface area is 125 Å². The molecule has 1 rings (SSSR count). The van der Waals surface area contributed by atoms with Gasteiger partial charge in [-0.15, -0.1) is 0 Å². The quantitative estimate of drug-likeness (QED) is 0.702. The Balaban J connectivity index is 2.69. The van der Waals surface area contributed by atoms with E-state index in [1.165, 1.54) is 4.68 Å². The first-order chi connectivity index (χ1) is 9.10. The summed E-state index contributed by atoms with van der Waals surface area (Å²) in [4.78, 5) is 11.9. The lowest BCUT2D eigenvalue weighted by molar-refractivity contribution is 0.266. The molecule has 1 unspecified atom stereocenters. The van der Waals surface area contributed by atoms with E-state index < -0.39 is 0 Å². The average molecular weight is 350 g/mol. The van der Waals surface area contributed by atoms with E-state index in [1.54, 1.807) is 6.20 Å². The molecule has 0 aliphatic carbocycles. The van der Waals surface area contributed by atoms with Gasteiger partial charge in [-0.3, -0.25) is 4.79 Å². The van der Waals surface area contributed by atoms with Crippen LogP contribution < -0.4 is 10.9 Å². The standard InChI is InChI=1S/C12H20BrN3O2S/c1-3-19-7-4-9(2)15-10-8-14-16(5-6-17)12(18)11(10)13/h8-9,15,17H,3-7H2,1-2H3. The van der Waals surface area contributed by atoms with Gasteiger partial charge >= 0.3 is 0 Å². The summed E-state index contributed by atoms with van der Waals surface area (Å²) in [6.45, 7) is 4.34. The highest BCUT2D eigenvalue weighted by Crippen LogP contribution is 2.18. The van der Waals surface area contributed by atoms with Gasteiger partial charge in [-0.05, 0) is 40.8 Å². The van der Waals surface area contributed by atoms with E-state index >= 15 is 0 Å². The van der Waals surface area contributed by atoms with Gasteiger partial charge in [0.15, 0.2) is 0 Å². The van der Waals surface area contributed by atoms with Crippen molar-refractivity contribution in [3.63, 3.8) is 0 Å². The van der Waals surface area contributed by atoms with Crippen molar-refractivity contribution in [3.05, 3.63) is 21.0 Å². The Bertz CT molecular complexity index is 453. The second kappa shape index (κ2) is 8.60. The maximum atomic E-state index is 11.9. The molecule has 0 spiro atoms. The van der Waals surface area contributed by atoms with Gasteiger partial charge in [-0.2, -0.15) is 16.9 Å². The molecule has 0 fully saturated rings. The molecule has 0 saturated carbocycles. The van der Waals surface area contributed by atoms with Crippen molar-refractivity contribution < 1.29 is 5.11 Å². The fourth-order valence-corrected chi connectivity index (χ4v) is 2.79. The molecule has 1 aromatic heterocycles. The molecule has 0 saturated heterocycles. The number of anilines is 1. The minimum atomic E-state index is -0.228. The van der Waals surface area contributed by atoms with Crippen molar-refractivity contribution in [2.24, 2.45) is 0 Å². The third-order valence-corrected chi connectivity index (χ3v) is 4.30. The van der Waals surface area contributed by atoms with Crippen LogP contribution in [0.4, 0.5) is 5.69 Å². The van der Waals surface area contributed by atoms with Crippen LogP contribution in [0.1, 0.15) is 20.3 Å². The van der Waals surface area contributed by atoms with Crippen LogP contribution >= 0.6 is 27.7 Å². The summed E-state index contributed by atoms with van der Waals surface area (Å²) in [7, 11) is 0. The van der Waals surface area contributed by atoms with E-state index in [2.05, 4.69) is 40.2 Å². The molecule has 0 aliphatic rings. The average Bonchev–Trinajstić information content (AvgIpc) is 2.39. The zero-order chi connectivity index (χ0) is 14.3. The third-order valence-electron chi connectivity index (χ3n) is 2.60. The summed E-state index contributed by atoms with van der Waals surface area (Å²) >= 11 is 5.19. The van der Waals surface area contributed by atoms with E-state index in [9.17, 15) is 4.79 Å². The second-order valence-electron chi connectivity index (χ2n) is 4.16. The van der Waals surface area contributed by atoms with Gasteiger partial charge in [-0.25, -0.2) is 4.68 Å². The number of hydrogen-bond acceptors (Lipinski definition) is 5. The Hall–Kier alpha value is -0.530. The predicted molar refractivity (Wildman–Crippen MR) is 84.0 cm³/mol. The van der Waals surface area contributed by atoms with Crippen molar-refractivity contribution in [2.45, 2.75) is 32.9 Å². The highest BCUT2D eigenvalue weighted by molar-refractivity contribution is 9.10. The number of nitrogens with zero attached hydrogens (tertiary/aromatic N) is 2. The molecule has 0 radical (unpaired) electrons. The van der Waals surface area contributed by atoms with Gasteiger partial charge in [0.05, 0.1) is 25.0 Å². The molecule has 1 aromatic rings. The summed E-state index contributed by atoms with van der Waals surface area (Å²) in [5.41, 5.74) is 0.474. The minimum Gasteiger partial charge on any atom is -0.394 e. The molecule has 7 heteroatoms. The second-order valence-corrected chi connectivity index (χ2v) is 6.34. The summed E-state index contributed by atoms with van der Waals surface area (Å²) < 4.78 is 1.71. The fraction of sp³-hybridized carbons (Fsp3) is 0.667. The maximum absolute atomic E-state index is 11.9. The first-order valence-electron chi connectivity index (χ1n) is 6.30. The molecule has 0 amide bonds. The normalized spacial score (nSPS) is 12.4. The molecule has 1 heterocycles. The molecule has 0 bridgehead atoms. The van der Waals surface area contributed by atoms with Gasteiger partial charge in [0, 0.05) is 6.04 Å². The van der Waals surface area contributed by atoms with Gasteiger partial charge in [0.25, 0.3) is 5.56 Å². The zero-order valence-electron chi connectivity index (χ0n) is 11.2. The largest absolute Gasteiger partial charge is 0.394 e. The molecule has 1 atom stereocenters. The summed E-state index contributed by atoms with van der Waals surface area (Å²) in [5.74, 6) is 2.21. The number of nitrogens with one attached hydrogen (secondary N) is 1. The lowest BCUT2D eigenvalue weighted by atomic mass is 10.2. The van der Waals surface area contributed by atoms with Gasteiger partial charge < -0.3 is 10.4 Å². The molecule has 19 heavy (non-hydrogen) atoms. The van der Waals surface area contributed by atoms with E-state index in [1.807, 2.05) is 11.8 Å². The number of thioether (sulfide) groups is 1. The van der Waals surface area contributed by atoms with Crippen LogP contribution in [0.15, 0.2) is 15.5 Å². The molecule has 0 aromatic carbocycles. The van der Waals surface area contributed by atoms with E-state index in [0.717, 1.165) is 17.9 Å². The summed E-state index contributed by atoms with van der Waals surface area (Å²) in [5, 5.41) is 16.1. The number of aromatic nitrogens is 2. The smallest absolute Gasteiger partial charge is 0.283 e. The lowest BCUT2D eigenvalue weighted by Gasteiger charge is -2.16. The number of aliphatic hydroxyl groups is 1. The number of aliphatic hydroxyl groups excluding tert-OH is 1. The van der Waals surface area contributed by atoms with Gasteiger partial charge in [0.2, 0.25) is 0 Å². The van der Waals surface area contributed by atoms with Crippen LogP contribution in [0.25, 0.3) is 0 Å². The molecular weight excluding hydrogens is 330 g/mol. The zero-order valence-corrected chi connectivity index (χ0v) is 13.6. The fourth-order valence-electron chi connectivity index (χ4n) is 1.56. The maximum Gasteiger partial charge on any atom is 0.283 e. The molecular formula is C12H20BrN3O2S. The van der Waals surface area contributed by atoms with Crippen LogP contribution in [0, 0.1) is 0 Å². The Morgan fingerprint density at radius 1 is 1.63 bits per heavy atom. The summed E-state index contributed by atoms with van der Waals surface area (Å²) in [6.07, 6.45) is 2.65. The minimum absolute atomic E-state index is 0.100. The highest BCUT2D eigenvalue weighted by Gasteiger charge is 2.10. The Kier molecular flexibility index (Phi) is 7.48. The third kappa shape index (κ3) is 5.16. The monoisotopic (exact) mass is 349 g/mol. The van der Waals surface area contributed by atoms with E-state index in [-0.39, 0.29) is 24.8 Å². The van der Waals surface area contributed by atoms with Crippen molar-refractivity contribution in [1.29, 1.82) is 0 Å². The number of rotatable bonds is 8.